The van der Waals surface area contributed by atoms with Crippen LogP contribution >= 0.6 is 0 Å². The molecule has 0 N–H and O–H groups in total. The lowest BCUT2D eigenvalue weighted by Crippen LogP contribution is -2.56. The van der Waals surface area contributed by atoms with Crippen LogP contribution in [0.1, 0.15) is 0 Å². The Balaban J connectivity index is 1.96. The molecule has 1 saturated heterocycles. The number of sulfone groups is 1. The van der Waals surface area contributed by atoms with Crippen LogP contribution < -0.4 is 0 Å². The molecule has 0 spiro atoms. The summed E-state index contributed by atoms with van der Waals surface area (Å²) in [7, 11) is -2.82. The molecule has 0 amide bonds. The Bertz CT molecular complexity index is 428. The maximum atomic E-state index is 11.5. The largest absolute Gasteiger partial charge is 0.290 e. The van der Waals surface area contributed by atoms with E-state index in [4.69, 9.17) is 0 Å². The third-order valence-electron chi connectivity index (χ3n) is 3.84. The number of rotatable bonds is 0. The fourth-order valence-corrected chi connectivity index (χ4v) is 5.34. The highest BCUT2D eigenvalue weighted by Gasteiger charge is 2.55. The zero-order valence-electron chi connectivity index (χ0n) is 8.17. The van der Waals surface area contributed by atoms with Crippen LogP contribution in [-0.2, 0) is 14.6 Å². The van der Waals surface area contributed by atoms with E-state index in [1.807, 2.05) is 12.2 Å². The van der Waals surface area contributed by atoms with Gasteiger partial charge in [0.15, 0.2) is 15.6 Å². The van der Waals surface area contributed by atoms with Crippen LogP contribution in [-0.4, -0.2) is 25.7 Å². The van der Waals surface area contributed by atoms with Gasteiger partial charge in [0, 0.05) is 0 Å². The van der Waals surface area contributed by atoms with Crippen molar-refractivity contribution in [2.75, 3.05) is 11.5 Å². The summed E-state index contributed by atoms with van der Waals surface area (Å²) in [6.45, 7) is 0. The Kier molecular flexibility index (Phi) is 1.75. The van der Waals surface area contributed by atoms with E-state index in [9.17, 15) is 13.2 Å². The molecule has 4 heteroatoms. The van der Waals surface area contributed by atoms with Crippen molar-refractivity contribution in [3.63, 3.8) is 0 Å². The number of carbonyl (C=O) groups is 1. The van der Waals surface area contributed by atoms with E-state index in [0.29, 0.717) is 23.3 Å². The van der Waals surface area contributed by atoms with Crippen LogP contribution in [0.25, 0.3) is 0 Å². The molecular formula is C11H12O3S. The third kappa shape index (κ3) is 1.31. The first kappa shape index (κ1) is 9.33. The van der Waals surface area contributed by atoms with Crippen molar-refractivity contribution in [3.05, 3.63) is 24.3 Å². The summed E-state index contributed by atoms with van der Waals surface area (Å²) in [4.78, 5) is 11.2. The first-order chi connectivity index (χ1) is 7.07. The third-order valence-corrected chi connectivity index (χ3v) is 5.62. The monoisotopic (exact) mass is 224 g/mol. The molecule has 0 unspecified atom stereocenters. The first-order valence-corrected chi connectivity index (χ1v) is 7.00. The summed E-state index contributed by atoms with van der Waals surface area (Å²) in [5.41, 5.74) is 0. The van der Waals surface area contributed by atoms with E-state index in [0.717, 1.165) is 0 Å². The molecule has 4 rings (SSSR count). The van der Waals surface area contributed by atoms with Crippen LogP contribution in [0.15, 0.2) is 24.3 Å². The predicted octanol–water partition coefficient (Wildman–Crippen LogP) is 0.588. The lowest BCUT2D eigenvalue weighted by atomic mass is 9.57. The molecule has 0 aromatic heterocycles. The smallest absolute Gasteiger partial charge is 0.178 e. The van der Waals surface area contributed by atoms with Gasteiger partial charge in [0.25, 0.3) is 0 Å². The Morgan fingerprint density at radius 2 is 1.47 bits per heavy atom. The van der Waals surface area contributed by atoms with E-state index in [1.165, 1.54) is 0 Å². The minimum Gasteiger partial charge on any atom is -0.290 e. The van der Waals surface area contributed by atoms with Crippen molar-refractivity contribution in [1.82, 2.24) is 0 Å². The van der Waals surface area contributed by atoms with E-state index in [2.05, 4.69) is 0 Å². The molecule has 3 aliphatic carbocycles. The van der Waals surface area contributed by atoms with Gasteiger partial charge in [-0.1, -0.05) is 12.2 Å². The van der Waals surface area contributed by atoms with Gasteiger partial charge in [-0.2, -0.15) is 0 Å². The molecule has 1 heterocycles. The van der Waals surface area contributed by atoms with Crippen molar-refractivity contribution in [3.8, 4) is 0 Å². The molecule has 4 aliphatic rings. The Morgan fingerprint density at radius 3 is 1.93 bits per heavy atom. The number of hydrogen-bond donors (Lipinski definition) is 0. The molecule has 15 heavy (non-hydrogen) atoms. The van der Waals surface area contributed by atoms with Gasteiger partial charge in [-0.05, 0) is 35.8 Å². The van der Waals surface area contributed by atoms with Gasteiger partial charge >= 0.3 is 0 Å². The quantitative estimate of drug-likeness (QED) is 0.605. The topological polar surface area (TPSA) is 51.2 Å². The summed E-state index contributed by atoms with van der Waals surface area (Å²) in [6, 6.07) is 0. The van der Waals surface area contributed by atoms with E-state index < -0.39 is 9.84 Å². The summed E-state index contributed by atoms with van der Waals surface area (Å²) in [5, 5.41) is 0. The van der Waals surface area contributed by atoms with Crippen molar-refractivity contribution < 1.29 is 13.2 Å². The molecule has 0 aromatic carbocycles. The lowest BCUT2D eigenvalue weighted by molar-refractivity contribution is -0.110. The molecule has 80 valence electrons. The van der Waals surface area contributed by atoms with Crippen LogP contribution in [0.3, 0.4) is 0 Å². The SMILES string of the molecule is O=C1/C=C\C2C3CS(=O)(=O)CC2C3/C=C\1. The first-order valence-electron chi connectivity index (χ1n) is 5.18. The van der Waals surface area contributed by atoms with Gasteiger partial charge < -0.3 is 0 Å². The van der Waals surface area contributed by atoms with Crippen molar-refractivity contribution in [2.24, 2.45) is 23.7 Å². The highest BCUT2D eigenvalue weighted by molar-refractivity contribution is 7.91. The molecule has 1 aliphatic heterocycles. The van der Waals surface area contributed by atoms with Gasteiger partial charge in [-0.25, -0.2) is 8.42 Å². The van der Waals surface area contributed by atoms with Crippen LogP contribution in [0.5, 0.6) is 0 Å². The molecular weight excluding hydrogens is 212 g/mol. The summed E-state index contributed by atoms with van der Waals surface area (Å²) >= 11 is 0. The second-order valence-electron chi connectivity index (χ2n) is 4.68. The van der Waals surface area contributed by atoms with E-state index >= 15 is 0 Å². The predicted molar refractivity (Wildman–Crippen MR) is 55.9 cm³/mol. The molecule has 0 aromatic rings. The number of allylic oxidation sites excluding steroid dienone is 4. The molecule has 1 saturated carbocycles. The fourth-order valence-electron chi connectivity index (χ4n) is 3.14. The van der Waals surface area contributed by atoms with Crippen LogP contribution in [0, 0.1) is 23.7 Å². The van der Waals surface area contributed by atoms with Crippen LogP contribution in [0.2, 0.25) is 0 Å². The number of fused-ring (bicyclic) bond motifs is 2. The second kappa shape index (κ2) is 2.82. The Labute approximate surface area is 88.8 Å². The summed E-state index contributed by atoms with van der Waals surface area (Å²) in [6.07, 6.45) is 6.97. The van der Waals surface area contributed by atoms with Gasteiger partial charge in [0.05, 0.1) is 11.5 Å². The number of hydrogen-bond acceptors (Lipinski definition) is 3. The molecule has 2 fully saturated rings. The highest BCUT2D eigenvalue weighted by atomic mass is 32.2. The normalized spacial score (nSPS) is 49.7. The average Bonchev–Trinajstić information content (AvgIpc) is 2.11. The van der Waals surface area contributed by atoms with E-state index in [1.54, 1.807) is 12.2 Å². The van der Waals surface area contributed by atoms with Crippen LogP contribution in [0.4, 0.5) is 0 Å². The number of carbonyl (C=O) groups excluding carboxylic acids is 1. The lowest BCUT2D eigenvalue weighted by Gasteiger charge is -2.54. The van der Waals surface area contributed by atoms with Gasteiger partial charge in [0.2, 0.25) is 0 Å². The van der Waals surface area contributed by atoms with Gasteiger partial charge in [0.1, 0.15) is 0 Å². The zero-order chi connectivity index (χ0) is 10.6. The van der Waals surface area contributed by atoms with Crippen molar-refractivity contribution in [1.29, 1.82) is 0 Å². The van der Waals surface area contributed by atoms with E-state index in [-0.39, 0.29) is 17.6 Å². The van der Waals surface area contributed by atoms with Crippen molar-refractivity contribution >= 4 is 15.6 Å². The van der Waals surface area contributed by atoms with Crippen molar-refractivity contribution in [2.45, 2.75) is 0 Å². The maximum absolute atomic E-state index is 11.5. The minimum atomic E-state index is -2.82. The highest BCUT2D eigenvalue weighted by Crippen LogP contribution is 2.53. The molecule has 3 nitrogen and oxygen atoms in total. The Morgan fingerprint density at radius 1 is 1.00 bits per heavy atom. The minimum absolute atomic E-state index is 0.0188. The standard InChI is InChI=1S/C11H12O3S/c12-7-1-3-8-10-5-15(13,14)6-11(8)9(10)4-2-7/h1-4,8-11H,5-6H2/b3-1-,4-2-. The Hall–Kier alpha value is -0.900. The van der Waals surface area contributed by atoms with Gasteiger partial charge in [-0.3, -0.25) is 4.79 Å². The molecule has 0 radical (unpaired) electrons. The van der Waals surface area contributed by atoms with Gasteiger partial charge in [-0.15, -0.1) is 0 Å². The fraction of sp³-hybridized carbons (Fsp3) is 0.545. The molecule has 4 bridgehead atoms. The zero-order valence-corrected chi connectivity index (χ0v) is 8.98. The second-order valence-corrected chi connectivity index (χ2v) is 6.83. The summed E-state index contributed by atoms with van der Waals surface area (Å²) in [5.74, 6) is 1.66. The molecule has 0 atom stereocenters. The average molecular weight is 224 g/mol. The maximum Gasteiger partial charge on any atom is 0.178 e. The number of ketones is 1. The summed E-state index contributed by atoms with van der Waals surface area (Å²) < 4.78 is 22.9.